The number of benzene rings is 2. The maximum atomic E-state index is 12.2. The van der Waals surface area contributed by atoms with Gasteiger partial charge in [-0.05, 0) is 52.7 Å². The minimum Gasteiger partial charge on any atom is -0.493 e. The highest BCUT2D eigenvalue weighted by molar-refractivity contribution is 9.10. The van der Waals surface area contributed by atoms with E-state index in [4.69, 9.17) is 19.5 Å². The molecule has 0 atom stereocenters. The molecule has 0 aliphatic carbocycles. The molecule has 2 aromatic rings. The van der Waals surface area contributed by atoms with Gasteiger partial charge in [0, 0.05) is 0 Å². The van der Waals surface area contributed by atoms with Crippen LogP contribution in [0.25, 0.3) is 0 Å². The Bertz CT molecular complexity index is 766. The number of nitrogens with zero attached hydrogens (tertiary/aromatic N) is 1. The van der Waals surface area contributed by atoms with Gasteiger partial charge in [-0.1, -0.05) is 12.1 Å². The lowest BCUT2D eigenvalue weighted by Crippen LogP contribution is -2.07. The third kappa shape index (κ3) is 4.27. The van der Waals surface area contributed by atoms with Crippen molar-refractivity contribution in [3.63, 3.8) is 0 Å². The summed E-state index contributed by atoms with van der Waals surface area (Å²) >= 11 is 3.38. The molecule has 0 aliphatic heterocycles. The summed E-state index contributed by atoms with van der Waals surface area (Å²) < 4.78 is 16.7. The van der Waals surface area contributed by atoms with E-state index in [1.807, 2.05) is 13.0 Å². The standard InChI is InChI=1S/C18H16BrNO4/c1-3-23-17-15(19)8-14(9-16(17)22-2)18(21)24-11-13-6-4-12(10-20)5-7-13/h4-9H,3,11H2,1-2H3. The third-order valence-electron chi connectivity index (χ3n) is 3.21. The highest BCUT2D eigenvalue weighted by Crippen LogP contribution is 2.36. The fourth-order valence-electron chi connectivity index (χ4n) is 2.03. The lowest BCUT2D eigenvalue weighted by atomic mass is 10.1. The van der Waals surface area contributed by atoms with Crippen molar-refractivity contribution < 1.29 is 19.0 Å². The Kier molecular flexibility index (Phi) is 6.21. The summed E-state index contributed by atoms with van der Waals surface area (Å²) in [6.07, 6.45) is 0. The number of halogens is 1. The van der Waals surface area contributed by atoms with Crippen molar-refractivity contribution in [1.82, 2.24) is 0 Å². The molecule has 6 heteroatoms. The van der Waals surface area contributed by atoms with Gasteiger partial charge in [-0.2, -0.15) is 5.26 Å². The SMILES string of the molecule is CCOc1c(Br)cc(C(=O)OCc2ccc(C#N)cc2)cc1OC. The van der Waals surface area contributed by atoms with E-state index in [1.54, 1.807) is 36.4 Å². The third-order valence-corrected chi connectivity index (χ3v) is 3.80. The van der Waals surface area contributed by atoms with Crippen molar-refractivity contribution in [2.45, 2.75) is 13.5 Å². The summed E-state index contributed by atoms with van der Waals surface area (Å²) in [6.45, 7) is 2.47. The largest absolute Gasteiger partial charge is 0.493 e. The van der Waals surface area contributed by atoms with Crippen LogP contribution in [0.3, 0.4) is 0 Å². The zero-order chi connectivity index (χ0) is 17.5. The molecule has 0 saturated heterocycles. The fourth-order valence-corrected chi connectivity index (χ4v) is 2.59. The summed E-state index contributed by atoms with van der Waals surface area (Å²) in [6, 6.07) is 12.1. The maximum Gasteiger partial charge on any atom is 0.338 e. The molecule has 24 heavy (non-hydrogen) atoms. The average Bonchev–Trinajstić information content (AvgIpc) is 2.61. The van der Waals surface area contributed by atoms with Crippen LogP contribution in [0.5, 0.6) is 11.5 Å². The number of nitriles is 1. The normalized spacial score (nSPS) is 9.92. The average molecular weight is 390 g/mol. The first-order chi connectivity index (χ1) is 11.6. The molecule has 0 radical (unpaired) electrons. The van der Waals surface area contributed by atoms with E-state index in [1.165, 1.54) is 7.11 Å². The van der Waals surface area contributed by atoms with Gasteiger partial charge < -0.3 is 14.2 Å². The predicted octanol–water partition coefficient (Wildman–Crippen LogP) is 4.09. The Labute approximate surface area is 148 Å². The predicted molar refractivity (Wildman–Crippen MR) is 92.1 cm³/mol. The van der Waals surface area contributed by atoms with E-state index >= 15 is 0 Å². The van der Waals surface area contributed by atoms with Crippen molar-refractivity contribution in [2.24, 2.45) is 0 Å². The number of hydrogen-bond acceptors (Lipinski definition) is 5. The van der Waals surface area contributed by atoms with Gasteiger partial charge in [-0.25, -0.2) is 4.79 Å². The molecular weight excluding hydrogens is 374 g/mol. The minimum absolute atomic E-state index is 0.123. The highest BCUT2D eigenvalue weighted by Gasteiger charge is 2.16. The Hall–Kier alpha value is -2.52. The number of esters is 1. The van der Waals surface area contributed by atoms with Crippen LogP contribution in [-0.2, 0) is 11.3 Å². The molecule has 0 aliphatic rings. The fraction of sp³-hybridized carbons (Fsp3) is 0.222. The van der Waals surface area contributed by atoms with Crippen LogP contribution < -0.4 is 9.47 Å². The van der Waals surface area contributed by atoms with Crippen LogP contribution >= 0.6 is 15.9 Å². The molecule has 2 rings (SSSR count). The van der Waals surface area contributed by atoms with Crippen LogP contribution in [0.4, 0.5) is 0 Å². The molecule has 5 nitrogen and oxygen atoms in total. The monoisotopic (exact) mass is 389 g/mol. The van der Waals surface area contributed by atoms with E-state index in [2.05, 4.69) is 15.9 Å². The molecule has 0 aromatic heterocycles. The molecule has 0 unspecified atom stereocenters. The molecule has 124 valence electrons. The van der Waals surface area contributed by atoms with Gasteiger partial charge >= 0.3 is 5.97 Å². The van der Waals surface area contributed by atoms with Gasteiger partial charge in [0.15, 0.2) is 11.5 Å². The molecule has 0 heterocycles. The Morgan fingerprint density at radius 2 is 1.96 bits per heavy atom. The number of hydrogen-bond donors (Lipinski definition) is 0. The summed E-state index contributed by atoms with van der Waals surface area (Å²) in [4.78, 5) is 12.2. The van der Waals surface area contributed by atoms with Gasteiger partial charge in [0.1, 0.15) is 6.61 Å². The lowest BCUT2D eigenvalue weighted by molar-refractivity contribution is 0.0472. The Balaban J connectivity index is 2.11. The van der Waals surface area contributed by atoms with E-state index in [0.717, 1.165) is 5.56 Å². The first-order valence-electron chi connectivity index (χ1n) is 7.25. The zero-order valence-corrected chi connectivity index (χ0v) is 14.9. The van der Waals surface area contributed by atoms with E-state index < -0.39 is 5.97 Å². The van der Waals surface area contributed by atoms with Crippen molar-refractivity contribution in [2.75, 3.05) is 13.7 Å². The molecule has 0 spiro atoms. The molecular formula is C18H16BrNO4. The van der Waals surface area contributed by atoms with Crippen LogP contribution in [-0.4, -0.2) is 19.7 Å². The zero-order valence-electron chi connectivity index (χ0n) is 13.3. The van der Waals surface area contributed by atoms with E-state index in [0.29, 0.717) is 33.7 Å². The first kappa shape index (κ1) is 17.8. The molecule has 0 N–H and O–H groups in total. The van der Waals surface area contributed by atoms with Gasteiger partial charge in [-0.15, -0.1) is 0 Å². The molecule has 2 aromatic carbocycles. The number of rotatable bonds is 6. The second-order valence-corrected chi connectivity index (χ2v) is 5.66. The van der Waals surface area contributed by atoms with Gasteiger partial charge in [-0.3, -0.25) is 0 Å². The van der Waals surface area contributed by atoms with Crippen LogP contribution in [0, 0.1) is 11.3 Å². The maximum absolute atomic E-state index is 12.2. The van der Waals surface area contributed by atoms with Gasteiger partial charge in [0.25, 0.3) is 0 Å². The lowest BCUT2D eigenvalue weighted by Gasteiger charge is -2.13. The smallest absolute Gasteiger partial charge is 0.338 e. The van der Waals surface area contributed by atoms with Gasteiger partial charge in [0.05, 0.1) is 35.4 Å². The van der Waals surface area contributed by atoms with Crippen LogP contribution in [0.2, 0.25) is 0 Å². The van der Waals surface area contributed by atoms with Crippen molar-refractivity contribution >= 4 is 21.9 Å². The summed E-state index contributed by atoms with van der Waals surface area (Å²) in [5, 5.41) is 8.77. The second kappa shape index (κ2) is 8.37. The Morgan fingerprint density at radius 1 is 1.25 bits per heavy atom. The topological polar surface area (TPSA) is 68.5 Å². The second-order valence-electron chi connectivity index (χ2n) is 4.81. The quantitative estimate of drug-likeness (QED) is 0.696. The Morgan fingerprint density at radius 3 is 2.54 bits per heavy atom. The summed E-state index contributed by atoms with van der Waals surface area (Å²) in [5.74, 6) is 0.529. The van der Waals surface area contributed by atoms with Crippen LogP contribution in [0.15, 0.2) is 40.9 Å². The van der Waals surface area contributed by atoms with Gasteiger partial charge in [0.2, 0.25) is 0 Å². The molecule has 0 fully saturated rings. The van der Waals surface area contributed by atoms with E-state index in [9.17, 15) is 4.79 Å². The summed E-state index contributed by atoms with van der Waals surface area (Å²) in [5.41, 5.74) is 1.72. The van der Waals surface area contributed by atoms with Crippen molar-refractivity contribution in [3.8, 4) is 17.6 Å². The minimum atomic E-state index is -0.471. The summed E-state index contributed by atoms with van der Waals surface area (Å²) in [7, 11) is 1.51. The number of carbonyl (C=O) groups is 1. The highest BCUT2D eigenvalue weighted by atomic mass is 79.9. The van der Waals surface area contributed by atoms with Crippen LogP contribution in [0.1, 0.15) is 28.4 Å². The number of carbonyl (C=O) groups excluding carboxylic acids is 1. The molecule has 0 saturated carbocycles. The first-order valence-corrected chi connectivity index (χ1v) is 8.04. The van der Waals surface area contributed by atoms with E-state index in [-0.39, 0.29) is 6.61 Å². The van der Waals surface area contributed by atoms with Crippen molar-refractivity contribution in [1.29, 1.82) is 5.26 Å². The molecule has 0 amide bonds. The molecule has 0 bridgehead atoms. The number of ether oxygens (including phenoxy) is 3. The number of methoxy groups -OCH3 is 1. The van der Waals surface area contributed by atoms with Crippen molar-refractivity contribution in [3.05, 3.63) is 57.6 Å².